The Morgan fingerprint density at radius 1 is 1.41 bits per heavy atom. The van der Waals surface area contributed by atoms with Crippen LogP contribution in [0.5, 0.6) is 0 Å². The minimum absolute atomic E-state index is 0.155. The molecule has 5 rings (SSSR count). The summed E-state index contributed by atoms with van der Waals surface area (Å²) in [4.78, 5) is 19.1. The predicted molar refractivity (Wildman–Crippen MR) is 137 cm³/mol. The summed E-state index contributed by atoms with van der Waals surface area (Å²) < 4.78 is 13.7. The fraction of sp³-hybridized carbons (Fsp3) is 0.407. The maximum Gasteiger partial charge on any atom is 0.339 e. The highest BCUT2D eigenvalue weighted by atomic mass is 79.9. The molecule has 0 bridgehead atoms. The number of nitrogens with zero attached hydrogens (tertiary/aromatic N) is 3. The number of quaternary nitrogens is 1. The van der Waals surface area contributed by atoms with Crippen LogP contribution in [0.1, 0.15) is 34.3 Å². The minimum atomic E-state index is -0.451. The van der Waals surface area contributed by atoms with Crippen LogP contribution in [-0.4, -0.2) is 62.8 Å². The van der Waals surface area contributed by atoms with E-state index in [0.29, 0.717) is 12.2 Å². The molecule has 0 radical (unpaired) electrons. The summed E-state index contributed by atoms with van der Waals surface area (Å²) in [5.41, 5.74) is 5.28. The van der Waals surface area contributed by atoms with Crippen LogP contribution in [-0.2, 0) is 15.1 Å². The third kappa shape index (κ3) is 3.66. The van der Waals surface area contributed by atoms with Crippen LogP contribution in [0.4, 0.5) is 5.69 Å². The topological polar surface area (TPSA) is 51.7 Å². The number of fused-ring (bicyclic) bond motifs is 2. The van der Waals surface area contributed by atoms with Gasteiger partial charge in [0.15, 0.2) is 0 Å². The molecule has 1 fully saturated rings. The van der Waals surface area contributed by atoms with Crippen LogP contribution in [0.25, 0.3) is 5.57 Å². The quantitative estimate of drug-likeness (QED) is 0.310. The number of hydrogen-bond donors (Lipinski definition) is 0. The maximum atomic E-state index is 12.6. The van der Waals surface area contributed by atoms with Crippen LogP contribution in [0.15, 0.2) is 60.0 Å². The van der Waals surface area contributed by atoms with Gasteiger partial charge in [0.05, 0.1) is 24.8 Å². The van der Waals surface area contributed by atoms with Gasteiger partial charge in [-0.3, -0.25) is 14.4 Å². The Labute approximate surface area is 209 Å². The van der Waals surface area contributed by atoms with Crippen LogP contribution < -0.4 is 4.48 Å². The standard InChI is InChI=1S/C27H31BrN3O3/c1-5-9-31(3)16-20-11-24-27(33-4,22-7-6-8-23(31)25(20)22)12-18(15-30(24)2)17-34-26(32)19-10-21(28)14-29-13-19/h5-8,10,13-14,16,18,24H,1,9,11-12,15,17H2,2-4H3/q+1/t18-,24-,27+,31?/m1/s1. The van der Waals surface area contributed by atoms with Crippen molar-refractivity contribution in [3.63, 3.8) is 0 Å². The highest BCUT2D eigenvalue weighted by molar-refractivity contribution is 9.10. The Morgan fingerprint density at radius 2 is 2.24 bits per heavy atom. The summed E-state index contributed by atoms with van der Waals surface area (Å²) in [5.74, 6) is -0.195. The van der Waals surface area contributed by atoms with Crippen LogP contribution in [0, 0.1) is 5.92 Å². The average molecular weight is 525 g/mol. The van der Waals surface area contributed by atoms with Gasteiger partial charge in [-0.05, 0) is 53.5 Å². The van der Waals surface area contributed by atoms with Crippen molar-refractivity contribution in [1.29, 1.82) is 0 Å². The molecule has 2 aliphatic heterocycles. The SMILES string of the molecule is C=CC[N+]1(C)C=C2C[C@H]3N(C)C[C@H](COC(=O)c4cncc(Br)c4)C[C@]3(OC)c3cccc1c32. The Bertz CT molecular complexity index is 1180. The lowest BCUT2D eigenvalue weighted by molar-refractivity contribution is -0.131. The van der Waals surface area contributed by atoms with Gasteiger partial charge in [-0.25, -0.2) is 4.79 Å². The molecule has 3 heterocycles. The number of likely N-dealkylation sites (N-methyl/N-ethyl adjacent to an activating group) is 2. The van der Waals surface area contributed by atoms with E-state index >= 15 is 0 Å². The van der Waals surface area contributed by atoms with E-state index in [-0.39, 0.29) is 17.9 Å². The molecular formula is C27H31BrN3O3+. The number of carbonyl (C=O) groups excluding carboxylic acids is 1. The molecule has 1 aromatic carbocycles. The molecule has 6 nitrogen and oxygen atoms in total. The van der Waals surface area contributed by atoms with Crippen molar-refractivity contribution in [2.24, 2.45) is 5.92 Å². The third-order valence-electron chi connectivity index (χ3n) is 7.70. The summed E-state index contributed by atoms with van der Waals surface area (Å²) in [6, 6.07) is 8.56. The van der Waals surface area contributed by atoms with Gasteiger partial charge in [0.1, 0.15) is 24.0 Å². The number of likely N-dealkylation sites (tertiary alicyclic amines) is 1. The molecule has 0 amide bonds. The van der Waals surface area contributed by atoms with Crippen LogP contribution >= 0.6 is 15.9 Å². The van der Waals surface area contributed by atoms with E-state index in [4.69, 9.17) is 9.47 Å². The first-order chi connectivity index (χ1) is 16.3. The highest BCUT2D eigenvalue weighted by Gasteiger charge is 2.55. The number of esters is 1. The van der Waals surface area contributed by atoms with Gasteiger partial charge in [-0.1, -0.05) is 18.7 Å². The normalized spacial score (nSPS) is 29.7. The molecule has 0 N–H and O–H groups in total. The number of carbonyl (C=O) groups is 1. The molecule has 0 spiro atoms. The van der Waals surface area contributed by atoms with E-state index < -0.39 is 5.60 Å². The molecule has 34 heavy (non-hydrogen) atoms. The number of ether oxygens (including phenoxy) is 2. The van der Waals surface area contributed by atoms with E-state index in [1.807, 2.05) is 13.2 Å². The Balaban J connectivity index is 1.45. The number of aromatic nitrogens is 1. The van der Waals surface area contributed by atoms with Crippen molar-refractivity contribution in [3.05, 3.63) is 76.7 Å². The van der Waals surface area contributed by atoms with Gasteiger partial charge in [0.2, 0.25) is 0 Å². The smallest absolute Gasteiger partial charge is 0.339 e. The first-order valence-electron chi connectivity index (χ1n) is 11.7. The van der Waals surface area contributed by atoms with Crippen molar-refractivity contribution in [2.45, 2.75) is 24.5 Å². The van der Waals surface area contributed by atoms with E-state index in [1.165, 1.54) is 28.6 Å². The molecule has 7 heteroatoms. The molecule has 1 aliphatic carbocycles. The summed E-state index contributed by atoms with van der Waals surface area (Å²) in [6.45, 7) is 6.03. The minimum Gasteiger partial charge on any atom is -0.462 e. The predicted octanol–water partition coefficient (Wildman–Crippen LogP) is 4.74. The molecule has 2 aromatic rings. The molecule has 178 valence electrons. The molecule has 1 saturated heterocycles. The molecule has 3 aliphatic rings. The van der Waals surface area contributed by atoms with Gasteiger partial charge in [-0.2, -0.15) is 0 Å². The summed E-state index contributed by atoms with van der Waals surface area (Å²) >= 11 is 3.36. The first kappa shape index (κ1) is 23.4. The number of rotatable bonds is 6. The second kappa shape index (κ2) is 8.72. The lowest BCUT2D eigenvalue weighted by Crippen LogP contribution is -2.59. The van der Waals surface area contributed by atoms with E-state index in [2.05, 4.69) is 70.9 Å². The fourth-order valence-corrected chi connectivity index (χ4v) is 6.65. The average Bonchev–Trinajstić information content (AvgIpc) is 3.11. The first-order valence-corrected chi connectivity index (χ1v) is 12.5. The lowest BCUT2D eigenvalue weighted by atomic mass is 9.67. The zero-order valence-electron chi connectivity index (χ0n) is 20.0. The Morgan fingerprint density at radius 3 is 2.97 bits per heavy atom. The molecule has 1 unspecified atom stereocenters. The fourth-order valence-electron chi connectivity index (χ4n) is 6.29. The largest absolute Gasteiger partial charge is 0.462 e. The lowest BCUT2D eigenvalue weighted by Gasteiger charge is -2.53. The molecule has 0 saturated carbocycles. The van der Waals surface area contributed by atoms with Crippen molar-refractivity contribution in [3.8, 4) is 0 Å². The van der Waals surface area contributed by atoms with Crippen molar-refractivity contribution < 1.29 is 14.3 Å². The van der Waals surface area contributed by atoms with Crippen molar-refractivity contribution >= 4 is 33.2 Å². The summed E-state index contributed by atoms with van der Waals surface area (Å²) in [7, 11) is 6.23. The van der Waals surface area contributed by atoms with Gasteiger partial charge < -0.3 is 9.47 Å². The molecular weight excluding hydrogens is 494 g/mol. The zero-order valence-corrected chi connectivity index (χ0v) is 21.5. The second-order valence-electron chi connectivity index (χ2n) is 9.91. The van der Waals surface area contributed by atoms with Gasteiger partial charge in [-0.15, -0.1) is 0 Å². The number of methoxy groups -OCH3 is 1. The monoisotopic (exact) mass is 524 g/mol. The summed E-state index contributed by atoms with van der Waals surface area (Å²) in [5, 5.41) is 0. The Hall–Kier alpha value is -2.32. The number of pyridine rings is 1. The van der Waals surface area contributed by atoms with E-state index in [1.54, 1.807) is 12.3 Å². The van der Waals surface area contributed by atoms with Crippen LogP contribution in [0.2, 0.25) is 0 Å². The highest BCUT2D eigenvalue weighted by Crippen LogP contribution is 2.56. The number of halogens is 1. The maximum absolute atomic E-state index is 12.6. The Kier molecular flexibility index (Phi) is 6.01. The zero-order chi connectivity index (χ0) is 24.1. The van der Waals surface area contributed by atoms with Crippen molar-refractivity contribution in [2.75, 3.05) is 40.9 Å². The van der Waals surface area contributed by atoms with Gasteiger partial charge in [0, 0.05) is 54.1 Å². The number of piperidine rings is 1. The number of hydrogen-bond acceptors (Lipinski definition) is 5. The van der Waals surface area contributed by atoms with E-state index in [0.717, 1.165) is 34.9 Å². The third-order valence-corrected chi connectivity index (χ3v) is 8.13. The van der Waals surface area contributed by atoms with Gasteiger partial charge in [0.25, 0.3) is 0 Å². The number of benzene rings is 1. The molecule has 4 atom stereocenters. The van der Waals surface area contributed by atoms with Crippen molar-refractivity contribution in [1.82, 2.24) is 14.4 Å². The molecule has 1 aromatic heterocycles. The second-order valence-corrected chi connectivity index (χ2v) is 10.8. The van der Waals surface area contributed by atoms with Gasteiger partial charge >= 0.3 is 5.97 Å². The summed E-state index contributed by atoms with van der Waals surface area (Å²) in [6.07, 6.45) is 9.31. The van der Waals surface area contributed by atoms with Crippen LogP contribution in [0.3, 0.4) is 0 Å². The van der Waals surface area contributed by atoms with E-state index in [9.17, 15) is 4.79 Å².